The Kier molecular flexibility index (Phi) is 15.6. The van der Waals surface area contributed by atoms with E-state index in [4.69, 9.17) is 13.3 Å². The molecule has 1 atom stereocenters. The van der Waals surface area contributed by atoms with Crippen LogP contribution in [0.15, 0.2) is 0 Å². The van der Waals surface area contributed by atoms with Crippen LogP contribution in [0.5, 0.6) is 0 Å². The molecule has 24 heteroatoms. The third-order valence-corrected chi connectivity index (χ3v) is 2.68. The van der Waals surface area contributed by atoms with Gasteiger partial charge in [-0.05, 0) is 0 Å². The topological polar surface area (TPSA) is 60.4 Å². The molecule has 0 fully saturated rings. The quantitative estimate of drug-likeness (QED) is 0.261. The first-order valence-corrected chi connectivity index (χ1v) is 6.70. The Morgan fingerprint density at radius 2 is 0.562 bits per heavy atom. The summed E-state index contributed by atoms with van der Waals surface area (Å²) in [5.41, 5.74) is 0. The van der Waals surface area contributed by atoms with Gasteiger partial charge >= 0.3 is 151 Å². The van der Waals surface area contributed by atoms with Crippen molar-refractivity contribution in [2.24, 2.45) is 0 Å². The summed E-state index contributed by atoms with van der Waals surface area (Å²) in [5.74, 6) is -51.0. The van der Waals surface area contributed by atoms with Crippen molar-refractivity contribution in [1.29, 1.82) is 0 Å². The Morgan fingerprint density at radius 3 is 0.656 bits per heavy atom. The third-order valence-electron chi connectivity index (χ3n) is 2.68. The first-order chi connectivity index (χ1) is 12.5. The van der Waals surface area contributed by atoms with E-state index in [1.165, 1.54) is 0 Å². The molecular formula is C8H2F18K2O3S. The first-order valence-electron chi connectivity index (χ1n) is 5.67. The number of rotatable bonds is 5. The van der Waals surface area contributed by atoms with E-state index in [0.29, 0.717) is 0 Å². The summed E-state index contributed by atoms with van der Waals surface area (Å²) < 4.78 is 245. The Balaban J connectivity index is -0.000000343. The number of halogens is 18. The largest absolute Gasteiger partial charge is 1.00 e. The Bertz CT molecular complexity index is 583. The minimum atomic E-state index is -8.72. The Labute approximate surface area is 252 Å². The predicted octanol–water partition coefficient (Wildman–Crippen LogP) is -0.618. The van der Waals surface area contributed by atoms with Crippen molar-refractivity contribution in [1.82, 2.24) is 0 Å². The van der Waals surface area contributed by atoms with E-state index in [9.17, 15) is 79.0 Å². The second-order valence-corrected chi connectivity index (χ2v) is 5.09. The maximum atomic E-state index is 12.8. The smallest absolute Gasteiger partial charge is 1.00 e. The Morgan fingerprint density at radius 1 is 0.469 bits per heavy atom. The molecule has 0 amide bonds. The van der Waals surface area contributed by atoms with Crippen LogP contribution in [0.25, 0.3) is 0 Å². The van der Waals surface area contributed by atoms with Crippen molar-refractivity contribution in [3.05, 3.63) is 0 Å². The van der Waals surface area contributed by atoms with Crippen molar-refractivity contribution < 1.29 is 197 Å². The van der Waals surface area contributed by atoms with Gasteiger partial charge in [0, 0.05) is 0 Å². The van der Waals surface area contributed by atoms with Gasteiger partial charge in [0.05, 0.1) is 11.4 Å². The molecule has 1 unspecified atom stereocenters. The summed E-state index contributed by atoms with van der Waals surface area (Å²) in [6.07, 6.45) is -15.6. The van der Waals surface area contributed by atoms with Gasteiger partial charge in [-0.3, -0.25) is 0 Å². The maximum absolute atomic E-state index is 12.8. The zero-order chi connectivity index (χ0) is 25.6. The van der Waals surface area contributed by atoms with Gasteiger partial charge in [-0.2, -0.15) is 79.0 Å². The summed E-state index contributed by atoms with van der Waals surface area (Å²) in [6.45, 7) is 0. The van der Waals surface area contributed by atoms with Crippen LogP contribution < -0.4 is 103 Å². The molecule has 32 heavy (non-hydrogen) atoms. The van der Waals surface area contributed by atoms with Gasteiger partial charge in [-0.25, -0.2) is 4.21 Å². The van der Waals surface area contributed by atoms with Crippen LogP contribution in [0.1, 0.15) is 1.43 Å². The van der Waals surface area contributed by atoms with Gasteiger partial charge in [0.15, 0.2) is 0 Å². The van der Waals surface area contributed by atoms with E-state index in [-0.39, 0.29) is 104 Å². The molecule has 0 aromatic rings. The predicted molar refractivity (Wildman–Crippen MR) is 54.5 cm³/mol. The molecule has 0 saturated carbocycles. The van der Waals surface area contributed by atoms with Crippen molar-refractivity contribution in [2.75, 3.05) is 0 Å². The van der Waals surface area contributed by atoms with Crippen LogP contribution in [0, 0.1) is 0 Å². The average Bonchev–Trinajstić information content (AvgIpc) is 2.42. The van der Waals surface area contributed by atoms with Crippen LogP contribution >= 0.6 is 0 Å². The molecule has 0 aliphatic carbocycles. The average molecular weight is 598 g/mol. The van der Waals surface area contributed by atoms with E-state index >= 15 is 0 Å². The van der Waals surface area contributed by atoms with Crippen LogP contribution in [-0.2, 0) is 11.4 Å². The maximum Gasteiger partial charge on any atom is 1.00 e. The summed E-state index contributed by atoms with van der Waals surface area (Å²) in [6, 6.07) is 0. The van der Waals surface area contributed by atoms with E-state index in [2.05, 4.69) is 0 Å². The summed E-state index contributed by atoms with van der Waals surface area (Å²) in [7, 11) is 0. The monoisotopic (exact) mass is 598 g/mol. The molecule has 0 saturated heterocycles. The third kappa shape index (κ3) is 7.32. The van der Waals surface area contributed by atoms with E-state index in [1.54, 1.807) is 0 Å². The molecule has 0 aromatic carbocycles. The van der Waals surface area contributed by atoms with Gasteiger partial charge in [0.2, 0.25) is 0 Å². The molecule has 0 radical (unpaired) electrons. The minimum Gasteiger partial charge on any atom is -1.00 e. The van der Waals surface area contributed by atoms with Crippen molar-refractivity contribution >= 4 is 11.4 Å². The summed E-state index contributed by atoms with van der Waals surface area (Å²) >= 11 is -2.86. The van der Waals surface area contributed by atoms with Gasteiger partial charge in [0.25, 0.3) is 0 Å². The van der Waals surface area contributed by atoms with E-state index in [0.717, 1.165) is 0 Å². The normalized spacial score (nSPS) is 15.6. The van der Waals surface area contributed by atoms with Gasteiger partial charge in [0.1, 0.15) is 0 Å². The second-order valence-electron chi connectivity index (χ2n) is 4.66. The standard InChI is InChI=1S/C8F18.2K.H2O3S.H/c9-1(10,3(13,14)5(17,18)7(21,22)23)2(11,12)4(15,16)6(19,20)8(24,25)26;;;1-4(2)3;/h;;;(H2,1,2,3);/q;2*+1;;-1/p-1. The first kappa shape index (κ1) is 41.2. The van der Waals surface area contributed by atoms with Crippen molar-refractivity contribution in [2.45, 2.75) is 47.9 Å². The van der Waals surface area contributed by atoms with E-state index < -0.39 is 59.2 Å². The van der Waals surface area contributed by atoms with Crippen LogP contribution in [0.2, 0.25) is 0 Å². The molecule has 1 N–H and O–H groups in total. The fraction of sp³-hybridized carbons (Fsp3) is 1.00. The summed E-state index contributed by atoms with van der Waals surface area (Å²) in [4.78, 5) is 0. The number of alkyl halides is 18. The zero-order valence-electron chi connectivity index (χ0n) is 15.5. The van der Waals surface area contributed by atoms with Crippen LogP contribution in [-0.4, -0.2) is 61.2 Å². The van der Waals surface area contributed by atoms with Crippen LogP contribution in [0.3, 0.4) is 0 Å². The second kappa shape index (κ2) is 12.1. The molecule has 0 rings (SSSR count). The fourth-order valence-corrected chi connectivity index (χ4v) is 1.14. The molecule has 0 bridgehead atoms. The zero-order valence-corrected chi connectivity index (χ0v) is 21.5. The van der Waals surface area contributed by atoms with Gasteiger partial charge < -0.3 is 10.5 Å². The molecule has 0 aromatic heterocycles. The van der Waals surface area contributed by atoms with Gasteiger partial charge in [-0.1, -0.05) is 0 Å². The SMILES string of the molecule is FC(F)(F)C(F)(F)C(F)(F)C(F)(F)C(F)(F)C(F)(F)C(F)(F)C(F)(F)F.O=S([O-])O.[H-].[K+].[K+]. The summed E-state index contributed by atoms with van der Waals surface area (Å²) in [5, 5.41) is 0. The van der Waals surface area contributed by atoms with Crippen LogP contribution in [0.4, 0.5) is 79.0 Å². The van der Waals surface area contributed by atoms with Gasteiger partial charge in [-0.15, -0.1) is 0 Å². The molecule has 3 nitrogen and oxygen atoms in total. The number of hydrogen-bond acceptors (Lipinski definition) is 2. The number of hydrogen-bond donors (Lipinski definition) is 1. The molecule has 0 spiro atoms. The fourth-order valence-electron chi connectivity index (χ4n) is 1.14. The minimum absolute atomic E-state index is 0. The molecule has 0 aliphatic heterocycles. The molecule has 0 heterocycles. The Hall–Kier alpha value is 2.08. The molecule has 0 aliphatic rings. The van der Waals surface area contributed by atoms with E-state index in [1.807, 2.05) is 0 Å². The molecular weight excluding hydrogens is 596 g/mol. The van der Waals surface area contributed by atoms with Crippen molar-refractivity contribution in [3.63, 3.8) is 0 Å². The van der Waals surface area contributed by atoms with Crippen molar-refractivity contribution in [3.8, 4) is 0 Å². The molecule has 186 valence electrons.